The summed E-state index contributed by atoms with van der Waals surface area (Å²) in [6.45, 7) is 0. The zero-order valence-corrected chi connectivity index (χ0v) is 14.0. The fraction of sp³-hybridized carbons (Fsp3) is 0.429. The van der Waals surface area contributed by atoms with E-state index in [1.54, 1.807) is 11.1 Å². The number of hydrogen-bond acceptors (Lipinski definition) is 3. The molecule has 2 aliphatic heterocycles. The Morgan fingerprint density at radius 2 is 1.58 bits per heavy atom. The van der Waals surface area contributed by atoms with Gasteiger partial charge in [0.2, 0.25) is 0 Å². The summed E-state index contributed by atoms with van der Waals surface area (Å²) in [5, 5.41) is 3.75. The van der Waals surface area contributed by atoms with Gasteiger partial charge in [-0.1, -0.05) is 36.4 Å². The molecule has 3 aliphatic rings. The zero-order valence-electron chi connectivity index (χ0n) is 14.0. The Bertz CT molecular complexity index is 731. The van der Waals surface area contributed by atoms with Gasteiger partial charge in [0.15, 0.2) is 0 Å². The smallest absolute Gasteiger partial charge is 0.0576 e. The van der Waals surface area contributed by atoms with Crippen LogP contribution in [0, 0.1) is 0 Å². The lowest BCUT2D eigenvalue weighted by atomic mass is 9.95. The molecule has 3 atom stereocenters. The molecule has 0 amide bonds. The maximum Gasteiger partial charge on any atom is 0.0576 e. The lowest BCUT2D eigenvalue weighted by Crippen LogP contribution is -2.43. The first kappa shape index (κ1) is 14.4. The van der Waals surface area contributed by atoms with E-state index in [0.717, 1.165) is 17.4 Å². The summed E-state index contributed by atoms with van der Waals surface area (Å²) in [5.74, 6) is 0. The molecule has 0 saturated carbocycles. The number of anilines is 2. The van der Waals surface area contributed by atoms with E-state index in [1.807, 2.05) is 12.1 Å². The molecule has 0 radical (unpaired) electrons. The SMILES string of the molecule is Nc1ccccc1N[C@@H]1C[C@@H]2CC[C@H]1N2C1Cc2ccccc2C1. The quantitative estimate of drug-likeness (QED) is 0.851. The summed E-state index contributed by atoms with van der Waals surface area (Å²) in [6, 6.07) is 19.8. The number of hydrogen-bond donors (Lipinski definition) is 2. The zero-order chi connectivity index (χ0) is 16.1. The third-order valence-electron chi connectivity index (χ3n) is 6.34. The van der Waals surface area contributed by atoms with Crippen molar-refractivity contribution in [3.8, 4) is 0 Å². The van der Waals surface area contributed by atoms with Crippen LogP contribution < -0.4 is 11.1 Å². The highest BCUT2D eigenvalue weighted by Crippen LogP contribution is 2.43. The number of rotatable bonds is 3. The van der Waals surface area contributed by atoms with Crippen LogP contribution in [0.15, 0.2) is 48.5 Å². The molecule has 3 nitrogen and oxygen atoms in total. The van der Waals surface area contributed by atoms with Crippen molar-refractivity contribution < 1.29 is 0 Å². The molecule has 124 valence electrons. The first-order valence-corrected chi connectivity index (χ1v) is 9.25. The van der Waals surface area contributed by atoms with Crippen LogP contribution in [0.4, 0.5) is 11.4 Å². The van der Waals surface area contributed by atoms with Gasteiger partial charge in [0.1, 0.15) is 0 Å². The van der Waals surface area contributed by atoms with E-state index in [-0.39, 0.29) is 0 Å². The topological polar surface area (TPSA) is 41.3 Å². The molecule has 2 saturated heterocycles. The van der Waals surface area contributed by atoms with E-state index in [1.165, 1.54) is 32.1 Å². The molecule has 5 rings (SSSR count). The minimum atomic E-state index is 0.539. The van der Waals surface area contributed by atoms with E-state index < -0.39 is 0 Å². The van der Waals surface area contributed by atoms with Crippen LogP contribution >= 0.6 is 0 Å². The largest absolute Gasteiger partial charge is 0.397 e. The Balaban J connectivity index is 1.34. The van der Waals surface area contributed by atoms with E-state index in [9.17, 15) is 0 Å². The molecule has 2 aromatic carbocycles. The van der Waals surface area contributed by atoms with Crippen LogP contribution in [-0.2, 0) is 12.8 Å². The number of fused-ring (bicyclic) bond motifs is 3. The van der Waals surface area contributed by atoms with E-state index >= 15 is 0 Å². The predicted octanol–water partition coefficient (Wildman–Crippen LogP) is 3.45. The molecular formula is C21H25N3. The highest BCUT2D eigenvalue weighted by molar-refractivity contribution is 5.66. The molecule has 24 heavy (non-hydrogen) atoms. The Hall–Kier alpha value is -2.00. The maximum absolute atomic E-state index is 6.13. The maximum atomic E-state index is 6.13. The monoisotopic (exact) mass is 319 g/mol. The van der Waals surface area contributed by atoms with Crippen LogP contribution in [0.2, 0.25) is 0 Å². The number of para-hydroxylation sites is 2. The van der Waals surface area contributed by atoms with Crippen LogP contribution in [-0.4, -0.2) is 29.1 Å². The third-order valence-corrected chi connectivity index (χ3v) is 6.34. The summed E-state index contributed by atoms with van der Waals surface area (Å²) in [4.78, 5) is 2.84. The minimum Gasteiger partial charge on any atom is -0.397 e. The van der Waals surface area contributed by atoms with Crippen molar-refractivity contribution in [2.45, 2.75) is 56.3 Å². The number of nitrogens with two attached hydrogens (primary N) is 1. The lowest BCUT2D eigenvalue weighted by Gasteiger charge is -2.30. The van der Waals surface area contributed by atoms with Crippen molar-refractivity contribution >= 4 is 11.4 Å². The molecule has 1 aliphatic carbocycles. The predicted molar refractivity (Wildman–Crippen MR) is 99.2 cm³/mol. The van der Waals surface area contributed by atoms with Crippen molar-refractivity contribution in [1.29, 1.82) is 0 Å². The van der Waals surface area contributed by atoms with Crippen LogP contribution in [0.3, 0.4) is 0 Å². The Kier molecular flexibility index (Phi) is 3.30. The number of benzene rings is 2. The van der Waals surface area contributed by atoms with Gasteiger partial charge in [-0.05, 0) is 55.4 Å². The van der Waals surface area contributed by atoms with Gasteiger partial charge in [-0.15, -0.1) is 0 Å². The van der Waals surface area contributed by atoms with Gasteiger partial charge in [0.05, 0.1) is 11.4 Å². The van der Waals surface area contributed by atoms with Gasteiger partial charge >= 0.3 is 0 Å². The van der Waals surface area contributed by atoms with Gasteiger partial charge in [-0.3, -0.25) is 4.90 Å². The fourth-order valence-corrected chi connectivity index (χ4v) is 5.33. The molecule has 3 heteroatoms. The van der Waals surface area contributed by atoms with Crippen molar-refractivity contribution in [3.63, 3.8) is 0 Å². The second kappa shape index (κ2) is 5.52. The lowest BCUT2D eigenvalue weighted by molar-refractivity contribution is 0.179. The van der Waals surface area contributed by atoms with Crippen molar-refractivity contribution in [2.75, 3.05) is 11.1 Å². The molecule has 0 spiro atoms. The average Bonchev–Trinajstić information content (AvgIpc) is 3.27. The summed E-state index contributed by atoms with van der Waals surface area (Å²) in [5.41, 5.74) is 11.2. The Labute approximate surface area is 143 Å². The molecule has 2 heterocycles. The molecule has 0 aromatic heterocycles. The number of nitrogens with zero attached hydrogens (tertiary/aromatic N) is 1. The van der Waals surface area contributed by atoms with Crippen molar-refractivity contribution in [3.05, 3.63) is 59.7 Å². The minimum absolute atomic E-state index is 0.539. The van der Waals surface area contributed by atoms with Gasteiger partial charge in [0.25, 0.3) is 0 Å². The Morgan fingerprint density at radius 3 is 2.33 bits per heavy atom. The standard InChI is InChI=1S/C21H25N3/c22-18-7-3-4-8-19(18)23-20-13-16-9-10-21(20)24(16)17-11-14-5-1-2-6-15(14)12-17/h1-8,16-17,20-21,23H,9-13,22H2/t16-,20+,21+/m0/s1. The summed E-state index contributed by atoms with van der Waals surface area (Å²) >= 11 is 0. The summed E-state index contributed by atoms with van der Waals surface area (Å²) in [7, 11) is 0. The third kappa shape index (κ3) is 2.22. The molecule has 2 fully saturated rings. The van der Waals surface area contributed by atoms with E-state index in [4.69, 9.17) is 5.73 Å². The van der Waals surface area contributed by atoms with Crippen LogP contribution in [0.1, 0.15) is 30.4 Å². The highest BCUT2D eigenvalue weighted by atomic mass is 15.3. The number of nitrogens with one attached hydrogen (secondary N) is 1. The second-order valence-corrected chi connectivity index (χ2v) is 7.65. The normalized spacial score (nSPS) is 29.1. The molecule has 3 N–H and O–H groups in total. The fourth-order valence-electron chi connectivity index (χ4n) is 5.33. The summed E-state index contributed by atoms with van der Waals surface area (Å²) in [6.07, 6.45) is 6.39. The molecule has 2 aromatic rings. The molecule has 2 bridgehead atoms. The second-order valence-electron chi connectivity index (χ2n) is 7.65. The van der Waals surface area contributed by atoms with E-state index in [2.05, 4.69) is 46.6 Å². The highest BCUT2D eigenvalue weighted by Gasteiger charge is 2.49. The first-order chi connectivity index (χ1) is 11.8. The van der Waals surface area contributed by atoms with Crippen LogP contribution in [0.25, 0.3) is 0 Å². The van der Waals surface area contributed by atoms with Crippen molar-refractivity contribution in [1.82, 2.24) is 4.90 Å². The average molecular weight is 319 g/mol. The van der Waals surface area contributed by atoms with Gasteiger partial charge in [-0.25, -0.2) is 0 Å². The van der Waals surface area contributed by atoms with Gasteiger partial charge in [0, 0.05) is 24.2 Å². The van der Waals surface area contributed by atoms with Gasteiger partial charge < -0.3 is 11.1 Å². The molecule has 0 unspecified atom stereocenters. The van der Waals surface area contributed by atoms with Crippen LogP contribution in [0.5, 0.6) is 0 Å². The first-order valence-electron chi connectivity index (χ1n) is 9.25. The number of nitrogen functional groups attached to an aromatic ring is 1. The van der Waals surface area contributed by atoms with Gasteiger partial charge in [-0.2, -0.15) is 0 Å². The van der Waals surface area contributed by atoms with Crippen molar-refractivity contribution in [2.24, 2.45) is 0 Å². The Morgan fingerprint density at radius 1 is 0.875 bits per heavy atom. The summed E-state index contributed by atoms with van der Waals surface area (Å²) < 4.78 is 0. The van der Waals surface area contributed by atoms with E-state index in [0.29, 0.717) is 18.1 Å². The molecular weight excluding hydrogens is 294 g/mol.